The summed E-state index contributed by atoms with van der Waals surface area (Å²) in [6.07, 6.45) is -2.36. The van der Waals surface area contributed by atoms with Gasteiger partial charge in [0.2, 0.25) is 0 Å². The van der Waals surface area contributed by atoms with Gasteiger partial charge in [-0.05, 0) is 24.1 Å². The van der Waals surface area contributed by atoms with E-state index >= 15 is 0 Å². The molecule has 1 aromatic carbocycles. The number of halogens is 1. The molecule has 4 nitrogen and oxygen atoms in total. The number of carbonyl (C=O) groups is 1. The van der Waals surface area contributed by atoms with Crippen LogP contribution in [0.5, 0.6) is 0 Å². The van der Waals surface area contributed by atoms with Gasteiger partial charge in [0.05, 0.1) is 12.7 Å². The minimum absolute atomic E-state index is 0.0492. The highest BCUT2D eigenvalue weighted by Gasteiger charge is 2.21. The lowest BCUT2D eigenvalue weighted by Gasteiger charge is -2.19. The van der Waals surface area contributed by atoms with Crippen LogP contribution in [0.2, 0.25) is 0 Å². The van der Waals surface area contributed by atoms with E-state index in [4.69, 9.17) is 5.11 Å². The fourth-order valence-electron chi connectivity index (χ4n) is 1.61. The minimum atomic E-state index is -1.38. The smallest absolute Gasteiger partial charge is 0.185 e. The fraction of sp³-hybridized carbons (Fsp3) is 0.462. The Labute approximate surface area is 115 Å². The highest BCUT2D eigenvalue weighted by atomic mass is 32.2. The fourth-order valence-corrected chi connectivity index (χ4v) is 2.25. The van der Waals surface area contributed by atoms with Crippen LogP contribution in [0.25, 0.3) is 0 Å². The van der Waals surface area contributed by atoms with E-state index in [1.54, 1.807) is 0 Å². The molecular weight excluding hydrogens is 271 g/mol. The number of benzene rings is 1. The van der Waals surface area contributed by atoms with Gasteiger partial charge in [-0.1, -0.05) is 17.8 Å². The third kappa shape index (κ3) is 4.91. The van der Waals surface area contributed by atoms with Crippen LogP contribution >= 0.6 is 11.8 Å². The molecule has 0 saturated heterocycles. The van der Waals surface area contributed by atoms with Crippen LogP contribution in [0.1, 0.15) is 30.6 Å². The summed E-state index contributed by atoms with van der Waals surface area (Å²) in [5, 5.41) is 28.6. The van der Waals surface area contributed by atoms with Crippen molar-refractivity contribution in [2.75, 3.05) is 5.75 Å². The second-order valence-electron chi connectivity index (χ2n) is 4.15. The minimum Gasteiger partial charge on any atom is -0.392 e. The first-order valence-corrected chi connectivity index (χ1v) is 6.83. The van der Waals surface area contributed by atoms with Crippen LogP contribution in [-0.2, 0) is 11.4 Å². The summed E-state index contributed by atoms with van der Waals surface area (Å²) in [7, 11) is 0. The summed E-state index contributed by atoms with van der Waals surface area (Å²) in [5.74, 6) is -0.280. The molecule has 1 rings (SSSR count). The van der Waals surface area contributed by atoms with Crippen molar-refractivity contribution in [1.29, 1.82) is 0 Å². The number of aliphatic hydroxyl groups is 3. The Morgan fingerprint density at radius 3 is 2.68 bits per heavy atom. The van der Waals surface area contributed by atoms with Gasteiger partial charge in [0.1, 0.15) is 11.9 Å². The average Bonchev–Trinajstić information content (AvgIpc) is 2.38. The predicted octanol–water partition coefficient (Wildman–Crippen LogP) is 1.38. The Morgan fingerprint density at radius 2 is 2.11 bits per heavy atom. The monoisotopic (exact) mass is 288 g/mol. The third-order valence-electron chi connectivity index (χ3n) is 2.65. The molecule has 2 unspecified atom stereocenters. The molecule has 0 fully saturated rings. The molecule has 0 bridgehead atoms. The van der Waals surface area contributed by atoms with E-state index in [0.29, 0.717) is 11.3 Å². The molecule has 0 saturated carbocycles. The highest BCUT2D eigenvalue weighted by Crippen LogP contribution is 2.24. The van der Waals surface area contributed by atoms with Crippen LogP contribution < -0.4 is 0 Å². The quantitative estimate of drug-likeness (QED) is 0.737. The summed E-state index contributed by atoms with van der Waals surface area (Å²) in [5.41, 5.74) is 0.410. The first-order chi connectivity index (χ1) is 8.95. The summed E-state index contributed by atoms with van der Waals surface area (Å²) in [6, 6.07) is 3.87. The molecule has 0 aliphatic heterocycles. The standard InChI is InChI=1S/C13H17FO4S/c1-8(16)19-5-4-12(17)13(18)10-6-9(7-15)2-3-11(10)14/h2-3,6,12-13,15,17-18H,4-5,7H2,1H3. The average molecular weight is 288 g/mol. The van der Waals surface area contributed by atoms with Gasteiger partial charge < -0.3 is 15.3 Å². The lowest BCUT2D eigenvalue weighted by atomic mass is 10.00. The summed E-state index contributed by atoms with van der Waals surface area (Å²) in [4.78, 5) is 10.7. The molecule has 0 aliphatic rings. The number of carbonyl (C=O) groups excluding carboxylic acids is 1. The maximum absolute atomic E-state index is 13.6. The van der Waals surface area contributed by atoms with Gasteiger partial charge in [-0.3, -0.25) is 4.79 Å². The molecular formula is C13H17FO4S. The van der Waals surface area contributed by atoms with Gasteiger partial charge in [0, 0.05) is 18.2 Å². The molecule has 2 atom stereocenters. The lowest BCUT2D eigenvalue weighted by molar-refractivity contribution is -0.109. The maximum Gasteiger partial charge on any atom is 0.185 e. The molecule has 0 radical (unpaired) electrons. The van der Waals surface area contributed by atoms with Crippen molar-refractivity contribution in [3.05, 3.63) is 35.1 Å². The van der Waals surface area contributed by atoms with Crippen LogP contribution in [0, 0.1) is 5.82 Å². The molecule has 19 heavy (non-hydrogen) atoms. The van der Waals surface area contributed by atoms with Crippen LogP contribution in [0.4, 0.5) is 4.39 Å². The van der Waals surface area contributed by atoms with Crippen LogP contribution in [0.3, 0.4) is 0 Å². The molecule has 1 aromatic rings. The highest BCUT2D eigenvalue weighted by molar-refractivity contribution is 8.13. The van der Waals surface area contributed by atoms with E-state index in [1.165, 1.54) is 19.1 Å². The van der Waals surface area contributed by atoms with E-state index < -0.39 is 18.0 Å². The normalized spacial score (nSPS) is 14.2. The van der Waals surface area contributed by atoms with Crippen molar-refractivity contribution in [3.63, 3.8) is 0 Å². The summed E-state index contributed by atoms with van der Waals surface area (Å²) in [6.45, 7) is 1.15. The number of thioether (sulfide) groups is 1. The zero-order valence-corrected chi connectivity index (χ0v) is 11.4. The second-order valence-corrected chi connectivity index (χ2v) is 5.43. The van der Waals surface area contributed by atoms with Gasteiger partial charge in [0.15, 0.2) is 5.12 Å². The van der Waals surface area contributed by atoms with E-state index in [0.717, 1.165) is 17.8 Å². The van der Waals surface area contributed by atoms with Crippen molar-refractivity contribution in [3.8, 4) is 0 Å². The molecule has 106 valence electrons. The van der Waals surface area contributed by atoms with Gasteiger partial charge in [0.25, 0.3) is 0 Å². The molecule has 3 N–H and O–H groups in total. The van der Waals surface area contributed by atoms with Crippen molar-refractivity contribution < 1.29 is 24.5 Å². The SMILES string of the molecule is CC(=O)SCCC(O)C(O)c1cc(CO)ccc1F. The molecule has 0 spiro atoms. The van der Waals surface area contributed by atoms with Crippen molar-refractivity contribution in [1.82, 2.24) is 0 Å². The van der Waals surface area contributed by atoms with Crippen molar-refractivity contribution in [2.45, 2.75) is 32.2 Å². The molecule has 0 heterocycles. The van der Waals surface area contributed by atoms with E-state index in [-0.39, 0.29) is 23.7 Å². The number of hydrogen-bond donors (Lipinski definition) is 3. The summed E-state index contributed by atoms with van der Waals surface area (Å²) >= 11 is 1.04. The topological polar surface area (TPSA) is 77.8 Å². The number of aliphatic hydroxyl groups excluding tert-OH is 3. The maximum atomic E-state index is 13.6. The summed E-state index contributed by atoms with van der Waals surface area (Å²) < 4.78 is 13.6. The Balaban J connectivity index is 2.70. The van der Waals surface area contributed by atoms with Gasteiger partial charge >= 0.3 is 0 Å². The first kappa shape index (κ1) is 16.1. The molecule has 0 amide bonds. The van der Waals surface area contributed by atoms with Crippen molar-refractivity contribution in [2.24, 2.45) is 0 Å². The van der Waals surface area contributed by atoms with E-state index in [9.17, 15) is 19.4 Å². The Bertz CT molecular complexity index is 439. The largest absolute Gasteiger partial charge is 0.392 e. The van der Waals surface area contributed by atoms with Crippen LogP contribution in [0.15, 0.2) is 18.2 Å². The third-order valence-corrected chi connectivity index (χ3v) is 3.49. The Morgan fingerprint density at radius 1 is 1.42 bits per heavy atom. The molecule has 0 aromatic heterocycles. The number of hydrogen-bond acceptors (Lipinski definition) is 5. The Kier molecular flexibility index (Phi) is 6.44. The number of rotatable bonds is 6. The Hall–Kier alpha value is -0.950. The van der Waals surface area contributed by atoms with Gasteiger partial charge in [-0.25, -0.2) is 4.39 Å². The van der Waals surface area contributed by atoms with E-state index in [2.05, 4.69) is 0 Å². The van der Waals surface area contributed by atoms with Crippen LogP contribution in [-0.4, -0.2) is 32.3 Å². The lowest BCUT2D eigenvalue weighted by Crippen LogP contribution is -2.20. The molecule has 6 heteroatoms. The van der Waals surface area contributed by atoms with Gasteiger partial charge in [-0.2, -0.15) is 0 Å². The predicted molar refractivity (Wildman–Crippen MR) is 71.0 cm³/mol. The van der Waals surface area contributed by atoms with Gasteiger partial charge in [-0.15, -0.1) is 0 Å². The first-order valence-electron chi connectivity index (χ1n) is 5.84. The zero-order chi connectivity index (χ0) is 14.4. The zero-order valence-electron chi connectivity index (χ0n) is 10.5. The molecule has 0 aliphatic carbocycles. The van der Waals surface area contributed by atoms with Crippen molar-refractivity contribution >= 4 is 16.9 Å². The van der Waals surface area contributed by atoms with E-state index in [1.807, 2.05) is 0 Å². The second kappa shape index (κ2) is 7.59.